The van der Waals surface area contributed by atoms with Crippen molar-refractivity contribution in [1.29, 1.82) is 0 Å². The van der Waals surface area contributed by atoms with Crippen LogP contribution >= 0.6 is 11.3 Å². The van der Waals surface area contributed by atoms with Crippen molar-refractivity contribution < 1.29 is 9.59 Å². The third-order valence-electron chi connectivity index (χ3n) is 4.56. The number of carbonyl (C=O) groups excluding carboxylic acids is 2. The number of amides is 2. The molecule has 0 atom stereocenters. The number of nitrogens with zero attached hydrogens (tertiary/aromatic N) is 5. The lowest BCUT2D eigenvalue weighted by Crippen LogP contribution is -2.37. The molecule has 0 aliphatic carbocycles. The smallest absolute Gasteiger partial charge is 0.291 e. The number of rotatable bonds is 3. The van der Waals surface area contributed by atoms with E-state index in [2.05, 4.69) is 15.1 Å². The Morgan fingerprint density at radius 3 is 2.59 bits per heavy atom. The van der Waals surface area contributed by atoms with Gasteiger partial charge in [-0.15, -0.1) is 5.10 Å². The number of hydrogen-bond acceptors (Lipinski definition) is 7. The molecule has 4 heterocycles. The Bertz CT molecular complexity index is 1410. The molecule has 0 unspecified atom stereocenters. The lowest BCUT2D eigenvalue weighted by molar-refractivity contribution is -0.119. The van der Waals surface area contributed by atoms with Crippen LogP contribution in [0, 0.1) is 0 Å². The monoisotopic (exact) mass is 404 g/mol. The van der Waals surface area contributed by atoms with Crippen molar-refractivity contribution in [3.63, 3.8) is 0 Å². The molecule has 1 aliphatic heterocycles. The van der Waals surface area contributed by atoms with Crippen molar-refractivity contribution in [3.05, 3.63) is 69.2 Å². The zero-order valence-electron chi connectivity index (χ0n) is 14.8. The van der Waals surface area contributed by atoms with Gasteiger partial charge in [0.2, 0.25) is 10.9 Å². The molecule has 0 spiro atoms. The molecule has 29 heavy (non-hydrogen) atoms. The average Bonchev–Trinajstić information content (AvgIpc) is 3.35. The molecule has 9 nitrogen and oxygen atoms in total. The Kier molecular flexibility index (Phi) is 3.74. The minimum atomic E-state index is -0.638. The quantitative estimate of drug-likeness (QED) is 0.511. The summed E-state index contributed by atoms with van der Waals surface area (Å²) in [6.07, 6.45) is 3.23. The number of anilines is 1. The van der Waals surface area contributed by atoms with Crippen LogP contribution in [0.2, 0.25) is 0 Å². The van der Waals surface area contributed by atoms with Gasteiger partial charge in [0, 0.05) is 23.5 Å². The molecule has 3 aromatic heterocycles. The maximum Gasteiger partial charge on any atom is 0.291 e. The Morgan fingerprint density at radius 1 is 1.10 bits per heavy atom. The summed E-state index contributed by atoms with van der Waals surface area (Å²) in [5.74, 6) is -0.678. The lowest BCUT2D eigenvalue weighted by Gasteiger charge is -2.14. The Labute approximate surface area is 166 Å². The van der Waals surface area contributed by atoms with E-state index in [9.17, 15) is 14.4 Å². The molecule has 0 radical (unpaired) electrons. The van der Waals surface area contributed by atoms with Gasteiger partial charge in [-0.3, -0.25) is 24.3 Å². The second-order valence-corrected chi connectivity index (χ2v) is 7.33. The van der Waals surface area contributed by atoms with E-state index < -0.39 is 17.4 Å². The summed E-state index contributed by atoms with van der Waals surface area (Å²) in [6, 6.07) is 10.5. The second kappa shape index (κ2) is 6.31. The van der Waals surface area contributed by atoms with Crippen molar-refractivity contribution in [1.82, 2.24) is 19.6 Å². The number of primary amides is 1. The SMILES string of the molecule is NC(=O)CN1C(=O)/C(=c2\sc3nc(-c4ccncc4)nn3c2=O)c2ccccc21. The van der Waals surface area contributed by atoms with Crippen molar-refractivity contribution in [3.8, 4) is 11.4 Å². The molecule has 1 aromatic carbocycles. The molecule has 2 N–H and O–H groups in total. The Balaban J connectivity index is 1.73. The Hall–Kier alpha value is -3.92. The number of benzene rings is 1. The van der Waals surface area contributed by atoms with Gasteiger partial charge in [-0.25, -0.2) is 0 Å². The van der Waals surface area contributed by atoms with Crippen LogP contribution < -0.4 is 20.7 Å². The fourth-order valence-electron chi connectivity index (χ4n) is 3.32. The molecule has 0 bridgehead atoms. The number of hydrogen-bond donors (Lipinski definition) is 1. The summed E-state index contributed by atoms with van der Waals surface area (Å²) in [5, 5.41) is 4.29. The highest BCUT2D eigenvalue weighted by atomic mass is 32.1. The zero-order valence-corrected chi connectivity index (χ0v) is 15.6. The summed E-state index contributed by atoms with van der Waals surface area (Å²) in [6.45, 7) is -0.263. The first-order valence-electron chi connectivity index (χ1n) is 8.58. The van der Waals surface area contributed by atoms with Gasteiger partial charge in [0.15, 0.2) is 5.82 Å². The van der Waals surface area contributed by atoms with Crippen molar-refractivity contribution in [2.45, 2.75) is 0 Å². The number of pyridine rings is 1. The third kappa shape index (κ3) is 2.61. The first kappa shape index (κ1) is 17.2. The maximum absolute atomic E-state index is 13.0. The molecule has 4 aromatic rings. The van der Waals surface area contributed by atoms with Gasteiger partial charge in [0.05, 0.1) is 11.3 Å². The molecule has 2 amide bonds. The number of aromatic nitrogens is 4. The first-order chi connectivity index (χ1) is 14.0. The molecule has 10 heteroatoms. The number of nitrogens with two attached hydrogens (primary N) is 1. The number of para-hydroxylation sites is 1. The Morgan fingerprint density at radius 2 is 1.86 bits per heavy atom. The zero-order chi connectivity index (χ0) is 20.1. The highest BCUT2D eigenvalue weighted by Crippen LogP contribution is 2.34. The van der Waals surface area contributed by atoms with Crippen LogP contribution in [0.4, 0.5) is 5.69 Å². The summed E-state index contributed by atoms with van der Waals surface area (Å²) >= 11 is 1.09. The highest BCUT2D eigenvalue weighted by Gasteiger charge is 2.35. The van der Waals surface area contributed by atoms with Gasteiger partial charge in [0.1, 0.15) is 11.1 Å². The van der Waals surface area contributed by atoms with Crippen LogP contribution in [-0.2, 0) is 9.59 Å². The molecular weight excluding hydrogens is 392 g/mol. The van der Waals surface area contributed by atoms with Gasteiger partial charge in [-0.1, -0.05) is 29.5 Å². The van der Waals surface area contributed by atoms with Gasteiger partial charge >= 0.3 is 0 Å². The van der Waals surface area contributed by atoms with E-state index in [1.165, 1.54) is 9.42 Å². The molecule has 0 fully saturated rings. The topological polar surface area (TPSA) is 124 Å². The molecule has 0 saturated carbocycles. The maximum atomic E-state index is 13.0. The predicted molar refractivity (Wildman–Crippen MR) is 106 cm³/mol. The summed E-state index contributed by atoms with van der Waals surface area (Å²) < 4.78 is 1.42. The molecule has 0 saturated heterocycles. The molecule has 1 aliphatic rings. The third-order valence-corrected chi connectivity index (χ3v) is 5.59. The largest absolute Gasteiger partial charge is 0.368 e. The van der Waals surface area contributed by atoms with Gasteiger partial charge < -0.3 is 5.73 Å². The van der Waals surface area contributed by atoms with Crippen LogP contribution in [0.15, 0.2) is 53.6 Å². The van der Waals surface area contributed by atoms with Crippen LogP contribution in [0.3, 0.4) is 0 Å². The lowest BCUT2D eigenvalue weighted by atomic mass is 10.1. The summed E-state index contributed by atoms with van der Waals surface area (Å²) in [4.78, 5) is 47.5. The average molecular weight is 404 g/mol. The van der Waals surface area contributed by atoms with E-state index >= 15 is 0 Å². The van der Waals surface area contributed by atoms with Crippen molar-refractivity contribution in [2.24, 2.45) is 5.73 Å². The van der Waals surface area contributed by atoms with E-state index in [4.69, 9.17) is 5.73 Å². The van der Waals surface area contributed by atoms with Crippen molar-refractivity contribution in [2.75, 3.05) is 11.4 Å². The van der Waals surface area contributed by atoms with Gasteiger partial charge in [-0.05, 0) is 18.2 Å². The fraction of sp³-hybridized carbons (Fsp3) is 0.0526. The predicted octanol–water partition coefficient (Wildman–Crippen LogP) is -0.0372. The minimum absolute atomic E-state index is 0.227. The highest BCUT2D eigenvalue weighted by molar-refractivity contribution is 7.15. The van der Waals surface area contributed by atoms with Crippen molar-refractivity contribution >= 4 is 39.4 Å². The number of fused-ring (bicyclic) bond motifs is 2. The number of carbonyl (C=O) groups is 2. The van der Waals surface area contributed by atoms with E-state index in [0.717, 1.165) is 16.9 Å². The molecular formula is C19H12N6O3S. The standard InChI is InChI=1S/C19H12N6O3S/c20-13(26)9-24-12-4-2-1-3-11(12)14(17(24)27)15-18(28)25-19(29-15)22-16(23-25)10-5-7-21-8-6-10/h1-8H,9H2,(H2,20,26)/b15-14-. The van der Waals surface area contributed by atoms with Crippen LogP contribution in [-0.4, -0.2) is 37.9 Å². The van der Waals surface area contributed by atoms with E-state index in [1.807, 2.05) is 0 Å². The van der Waals surface area contributed by atoms with E-state index in [-0.39, 0.29) is 16.7 Å². The van der Waals surface area contributed by atoms with E-state index in [1.54, 1.807) is 48.8 Å². The fourth-order valence-corrected chi connectivity index (χ4v) is 4.32. The van der Waals surface area contributed by atoms with Crippen LogP contribution in [0.5, 0.6) is 0 Å². The van der Waals surface area contributed by atoms with Crippen LogP contribution in [0.1, 0.15) is 5.56 Å². The minimum Gasteiger partial charge on any atom is -0.368 e. The molecule has 5 rings (SSSR count). The molecule has 142 valence electrons. The normalized spacial score (nSPS) is 15.2. The first-order valence-corrected chi connectivity index (χ1v) is 9.40. The van der Waals surface area contributed by atoms with Gasteiger partial charge in [0.25, 0.3) is 11.5 Å². The van der Waals surface area contributed by atoms with Gasteiger partial charge in [-0.2, -0.15) is 9.50 Å². The number of thiazole rings is 1. The van der Waals surface area contributed by atoms with Crippen LogP contribution in [0.25, 0.3) is 21.9 Å². The summed E-state index contributed by atoms with van der Waals surface area (Å²) in [5.41, 5.74) is 6.95. The van der Waals surface area contributed by atoms with E-state index in [0.29, 0.717) is 22.0 Å². The summed E-state index contributed by atoms with van der Waals surface area (Å²) in [7, 11) is 0. The second-order valence-electron chi connectivity index (χ2n) is 6.35.